The van der Waals surface area contributed by atoms with Gasteiger partial charge in [-0.2, -0.15) is 0 Å². The Bertz CT molecular complexity index is 1560. The van der Waals surface area contributed by atoms with Gasteiger partial charge in [0.25, 0.3) is 5.91 Å². The molecule has 1 unspecified atom stereocenters. The lowest BCUT2D eigenvalue weighted by molar-refractivity contribution is -0.144. The maximum absolute atomic E-state index is 14.5. The highest BCUT2D eigenvalue weighted by molar-refractivity contribution is 6.38. The van der Waals surface area contributed by atoms with Crippen LogP contribution in [0.1, 0.15) is 123 Å². The zero-order chi connectivity index (χ0) is 39.9. The van der Waals surface area contributed by atoms with Gasteiger partial charge in [-0.3, -0.25) is 28.8 Å². The molecule has 4 N–H and O–H groups in total. The summed E-state index contributed by atoms with van der Waals surface area (Å²) >= 11 is 0. The number of hydrogen-bond donors (Lipinski definition) is 4. The molecule has 0 spiro atoms. The number of nitrogens with one attached hydrogen (secondary N) is 4. The van der Waals surface area contributed by atoms with Crippen LogP contribution in [0.15, 0.2) is 30.3 Å². The van der Waals surface area contributed by atoms with Gasteiger partial charge in [-0.25, -0.2) is 4.79 Å². The fraction of sp³-hybridized carbons (Fsp3) is 0.690. The van der Waals surface area contributed by atoms with Crippen molar-refractivity contribution < 1.29 is 38.3 Å². The predicted molar refractivity (Wildman–Crippen MR) is 205 cm³/mol. The third-order valence-electron chi connectivity index (χ3n) is 11.9. The first-order chi connectivity index (χ1) is 26.1. The highest BCUT2D eigenvalue weighted by Gasteiger charge is 2.52. The molecule has 1 aromatic carbocycles. The molecule has 302 valence electrons. The van der Waals surface area contributed by atoms with E-state index in [-0.39, 0.29) is 47.7 Å². The van der Waals surface area contributed by atoms with Crippen molar-refractivity contribution in [2.45, 2.75) is 141 Å². The second-order valence-electron chi connectivity index (χ2n) is 17.4. The van der Waals surface area contributed by atoms with E-state index < -0.39 is 65.9 Å². The number of rotatable bonds is 15. The van der Waals surface area contributed by atoms with Crippen molar-refractivity contribution in [3.05, 3.63) is 35.9 Å². The summed E-state index contributed by atoms with van der Waals surface area (Å²) < 4.78 is 5.55. The molecule has 1 heterocycles. The van der Waals surface area contributed by atoms with E-state index >= 15 is 0 Å². The van der Waals surface area contributed by atoms with Gasteiger partial charge in [-0.05, 0) is 82.1 Å². The predicted octanol–water partition coefficient (Wildman–Crippen LogP) is 4.53. The standard InChI is InChI=1S/C42H61N5O8/c1-25(2)36(49)33(27-16-8-6-9-17-27)45-32(48)23-43-39(52)37(50)31(22-26-14-12-15-26)44-38(51)35-30-21-13-20-29(30)24-47(35)40(53)34(28-18-10-7-11-19-28)46-41(54)55-42(3,4)5/h6,8-9,16-17,25-26,28-31,33-35H,7,10-15,18-24H2,1-5H3,(H,43,52)(H,44,51)(H,45,48)(H,46,54)/t29-,30-,31?,33-,34-,35-/m0/s1. The van der Waals surface area contributed by atoms with Gasteiger partial charge in [0, 0.05) is 12.5 Å². The van der Waals surface area contributed by atoms with E-state index in [9.17, 15) is 33.6 Å². The van der Waals surface area contributed by atoms with Crippen LogP contribution in [0.2, 0.25) is 0 Å². The normalized spacial score (nSPS) is 23.1. The van der Waals surface area contributed by atoms with Crippen LogP contribution in [-0.2, 0) is 33.5 Å². The molecule has 3 aliphatic carbocycles. The summed E-state index contributed by atoms with van der Waals surface area (Å²) in [6.45, 7) is 8.61. The lowest BCUT2D eigenvalue weighted by Crippen LogP contribution is -2.59. The van der Waals surface area contributed by atoms with Crippen molar-refractivity contribution >= 4 is 41.3 Å². The number of amides is 5. The fourth-order valence-corrected chi connectivity index (χ4v) is 8.80. The number of carbonyl (C=O) groups excluding carboxylic acids is 7. The van der Waals surface area contributed by atoms with Crippen molar-refractivity contribution in [2.75, 3.05) is 13.1 Å². The van der Waals surface area contributed by atoms with Crippen molar-refractivity contribution in [3.8, 4) is 0 Å². The second kappa shape index (κ2) is 18.6. The Balaban J connectivity index is 1.29. The first-order valence-corrected chi connectivity index (χ1v) is 20.4. The minimum Gasteiger partial charge on any atom is -0.444 e. The van der Waals surface area contributed by atoms with Gasteiger partial charge in [0.15, 0.2) is 5.78 Å². The first-order valence-electron chi connectivity index (χ1n) is 20.4. The Labute approximate surface area is 325 Å². The second-order valence-corrected chi connectivity index (χ2v) is 17.4. The van der Waals surface area contributed by atoms with Gasteiger partial charge >= 0.3 is 6.09 Å². The quantitative estimate of drug-likeness (QED) is 0.188. The topological polar surface area (TPSA) is 180 Å². The summed E-state index contributed by atoms with van der Waals surface area (Å²) in [6, 6.07) is 5.04. The van der Waals surface area contributed by atoms with Crippen molar-refractivity contribution in [1.29, 1.82) is 0 Å². The van der Waals surface area contributed by atoms with E-state index in [1.54, 1.807) is 69.9 Å². The maximum atomic E-state index is 14.5. The van der Waals surface area contributed by atoms with Crippen LogP contribution in [-0.4, -0.2) is 83.0 Å². The molecule has 5 rings (SSSR count). The van der Waals surface area contributed by atoms with Gasteiger partial charge < -0.3 is 30.9 Å². The molecule has 6 atom stereocenters. The van der Waals surface area contributed by atoms with Gasteiger partial charge in [0.2, 0.25) is 23.5 Å². The van der Waals surface area contributed by atoms with E-state index in [0.29, 0.717) is 12.1 Å². The van der Waals surface area contributed by atoms with Crippen LogP contribution in [0.5, 0.6) is 0 Å². The minimum atomic E-state index is -1.15. The van der Waals surface area contributed by atoms with Gasteiger partial charge in [-0.1, -0.05) is 89.1 Å². The van der Waals surface area contributed by atoms with Gasteiger partial charge in [0.1, 0.15) is 23.7 Å². The average molecular weight is 764 g/mol. The summed E-state index contributed by atoms with van der Waals surface area (Å²) in [5, 5.41) is 10.9. The Morgan fingerprint density at radius 2 is 1.49 bits per heavy atom. The maximum Gasteiger partial charge on any atom is 0.408 e. The number of nitrogens with zero attached hydrogens (tertiary/aromatic N) is 1. The van der Waals surface area contributed by atoms with E-state index in [1.165, 1.54) is 0 Å². The Morgan fingerprint density at radius 3 is 2.11 bits per heavy atom. The monoisotopic (exact) mass is 763 g/mol. The molecule has 4 fully saturated rings. The fourth-order valence-electron chi connectivity index (χ4n) is 8.80. The van der Waals surface area contributed by atoms with Crippen molar-refractivity contribution in [3.63, 3.8) is 0 Å². The largest absolute Gasteiger partial charge is 0.444 e. The highest BCUT2D eigenvalue weighted by atomic mass is 16.6. The molecular weight excluding hydrogens is 702 g/mol. The van der Waals surface area contributed by atoms with E-state index in [2.05, 4.69) is 21.3 Å². The first kappa shape index (κ1) is 41.9. The molecule has 13 nitrogen and oxygen atoms in total. The van der Waals surface area contributed by atoms with Crippen LogP contribution >= 0.6 is 0 Å². The minimum absolute atomic E-state index is 0.0989. The number of ether oxygens (including phenoxy) is 1. The molecule has 0 aromatic heterocycles. The highest BCUT2D eigenvalue weighted by Crippen LogP contribution is 2.43. The molecule has 1 aliphatic heterocycles. The van der Waals surface area contributed by atoms with Crippen LogP contribution in [0.4, 0.5) is 4.79 Å². The summed E-state index contributed by atoms with van der Waals surface area (Å²) in [4.78, 5) is 96.6. The zero-order valence-electron chi connectivity index (χ0n) is 33.2. The molecule has 55 heavy (non-hydrogen) atoms. The number of fused-ring (bicyclic) bond motifs is 1. The van der Waals surface area contributed by atoms with Crippen LogP contribution in [0.3, 0.4) is 0 Å². The van der Waals surface area contributed by atoms with Crippen LogP contribution in [0.25, 0.3) is 0 Å². The lowest BCUT2D eigenvalue weighted by Gasteiger charge is -2.36. The molecule has 0 radical (unpaired) electrons. The van der Waals surface area contributed by atoms with E-state index in [4.69, 9.17) is 4.74 Å². The summed E-state index contributed by atoms with van der Waals surface area (Å²) in [7, 11) is 0. The molecule has 1 aromatic rings. The van der Waals surface area contributed by atoms with Crippen molar-refractivity contribution in [2.24, 2.45) is 29.6 Å². The Kier molecular flexibility index (Phi) is 14.1. The number of Topliss-reactive ketones (excluding diaryl/α,β-unsaturated/α-hetero) is 2. The van der Waals surface area contributed by atoms with Crippen LogP contribution < -0.4 is 21.3 Å². The number of hydrogen-bond acceptors (Lipinski definition) is 8. The Morgan fingerprint density at radius 1 is 0.818 bits per heavy atom. The summed E-state index contributed by atoms with van der Waals surface area (Å²) in [5.41, 5.74) is -0.151. The third kappa shape index (κ3) is 10.9. The molecule has 0 bridgehead atoms. The van der Waals surface area contributed by atoms with Crippen LogP contribution in [0, 0.1) is 29.6 Å². The molecule has 5 amide bonds. The van der Waals surface area contributed by atoms with Crippen molar-refractivity contribution in [1.82, 2.24) is 26.2 Å². The smallest absolute Gasteiger partial charge is 0.408 e. The molecule has 13 heteroatoms. The van der Waals surface area contributed by atoms with Gasteiger partial charge in [-0.15, -0.1) is 0 Å². The third-order valence-corrected chi connectivity index (χ3v) is 11.9. The lowest BCUT2D eigenvalue weighted by atomic mass is 9.80. The molecule has 3 saturated carbocycles. The SMILES string of the molecule is CC(C)C(=O)[C@@H](NC(=O)CNC(=O)C(=O)C(CC1CCC1)NC(=O)[C@@H]1[C@H]2CCC[C@H]2CN1C(=O)[C@@H](NC(=O)OC(C)(C)C)C1CCCCC1)c1ccccc1. The Hall–Kier alpha value is -4.29. The molecule has 4 aliphatic rings. The number of likely N-dealkylation sites (tertiary alicyclic amines) is 1. The summed E-state index contributed by atoms with van der Waals surface area (Å²) in [5.74, 6) is -3.82. The number of benzene rings is 1. The molecule has 1 saturated heterocycles. The number of carbonyl (C=O) groups is 7. The number of alkyl carbamates (subject to hydrolysis) is 1. The summed E-state index contributed by atoms with van der Waals surface area (Å²) in [6.07, 6.45) is 9.35. The van der Waals surface area contributed by atoms with Gasteiger partial charge in [0.05, 0.1) is 12.6 Å². The van der Waals surface area contributed by atoms with E-state index in [1.807, 2.05) is 0 Å². The average Bonchev–Trinajstić information content (AvgIpc) is 3.74. The number of ketones is 2. The molecular formula is C42H61N5O8. The van der Waals surface area contributed by atoms with E-state index in [0.717, 1.165) is 70.6 Å². The zero-order valence-corrected chi connectivity index (χ0v) is 33.2.